The van der Waals surface area contributed by atoms with Crippen molar-refractivity contribution in [3.8, 4) is 28.1 Å². The predicted octanol–water partition coefficient (Wildman–Crippen LogP) is 6.45. The Morgan fingerprint density at radius 2 is 1.62 bits per heavy atom. The molecular weight excluding hydrogens is 491 g/mol. The Labute approximate surface area is 209 Å². The highest BCUT2D eigenvalue weighted by molar-refractivity contribution is 7.90. The Bertz CT molecular complexity index is 1500. The molecule has 0 aliphatic rings. The molecule has 0 radical (unpaired) electrons. The van der Waals surface area contributed by atoms with Gasteiger partial charge in [0.15, 0.2) is 9.84 Å². The third kappa shape index (κ3) is 4.64. The SMILES string of the molecule is Cc1cc(-c2cccc(S(C)(=O)=O)c2)ccc1-n1nc(C(C)(C)O)c(Cl)c1-c1ccccc1Cl. The molecule has 0 atom stereocenters. The Kier molecular flexibility index (Phi) is 6.38. The van der Waals surface area contributed by atoms with Crippen LogP contribution in [0.1, 0.15) is 25.1 Å². The summed E-state index contributed by atoms with van der Waals surface area (Å²) >= 11 is 13.3. The molecule has 4 rings (SSSR count). The lowest BCUT2D eigenvalue weighted by Crippen LogP contribution is -2.17. The molecule has 176 valence electrons. The third-order valence-corrected chi connectivity index (χ3v) is 7.35. The van der Waals surface area contributed by atoms with Gasteiger partial charge in [-0.1, -0.05) is 59.6 Å². The van der Waals surface area contributed by atoms with Crippen LogP contribution in [0.15, 0.2) is 71.6 Å². The van der Waals surface area contributed by atoms with E-state index in [-0.39, 0.29) is 4.90 Å². The fraction of sp³-hybridized carbons (Fsp3) is 0.192. The minimum absolute atomic E-state index is 0.265. The number of hydrogen-bond acceptors (Lipinski definition) is 4. The van der Waals surface area contributed by atoms with Crippen LogP contribution in [-0.2, 0) is 15.4 Å². The van der Waals surface area contributed by atoms with Crippen LogP contribution in [-0.4, -0.2) is 29.6 Å². The summed E-state index contributed by atoms with van der Waals surface area (Å²) in [5, 5.41) is 16.2. The third-order valence-electron chi connectivity index (χ3n) is 5.56. The molecule has 0 bridgehead atoms. The number of aromatic nitrogens is 2. The monoisotopic (exact) mass is 514 g/mol. The molecule has 0 aliphatic heterocycles. The number of rotatable bonds is 5. The van der Waals surface area contributed by atoms with Gasteiger partial charge in [-0.05, 0) is 67.8 Å². The van der Waals surface area contributed by atoms with Gasteiger partial charge in [0.25, 0.3) is 0 Å². The van der Waals surface area contributed by atoms with Crippen molar-refractivity contribution < 1.29 is 13.5 Å². The lowest BCUT2D eigenvalue weighted by Gasteiger charge is -2.14. The van der Waals surface area contributed by atoms with Crippen LogP contribution >= 0.6 is 23.2 Å². The average Bonchev–Trinajstić information content (AvgIpc) is 3.10. The van der Waals surface area contributed by atoms with E-state index in [2.05, 4.69) is 5.10 Å². The fourth-order valence-electron chi connectivity index (χ4n) is 3.83. The van der Waals surface area contributed by atoms with E-state index in [1.54, 1.807) is 42.8 Å². The van der Waals surface area contributed by atoms with Gasteiger partial charge in [-0.3, -0.25) is 0 Å². The summed E-state index contributed by atoms with van der Waals surface area (Å²) in [5.74, 6) is 0. The summed E-state index contributed by atoms with van der Waals surface area (Å²) in [6.45, 7) is 5.20. The highest BCUT2D eigenvalue weighted by Gasteiger charge is 2.29. The zero-order chi connectivity index (χ0) is 24.8. The van der Waals surface area contributed by atoms with Gasteiger partial charge in [0.2, 0.25) is 0 Å². The minimum atomic E-state index is -3.32. The van der Waals surface area contributed by atoms with Gasteiger partial charge in [0, 0.05) is 11.8 Å². The molecule has 5 nitrogen and oxygen atoms in total. The summed E-state index contributed by atoms with van der Waals surface area (Å²) < 4.78 is 25.7. The Morgan fingerprint density at radius 3 is 2.24 bits per heavy atom. The largest absolute Gasteiger partial charge is 0.384 e. The predicted molar refractivity (Wildman–Crippen MR) is 138 cm³/mol. The van der Waals surface area contributed by atoms with E-state index < -0.39 is 15.4 Å². The number of halogens is 2. The number of hydrogen-bond donors (Lipinski definition) is 1. The number of nitrogens with zero attached hydrogens (tertiary/aromatic N) is 2. The highest BCUT2D eigenvalue weighted by Crippen LogP contribution is 2.40. The highest BCUT2D eigenvalue weighted by atomic mass is 35.5. The summed E-state index contributed by atoms with van der Waals surface area (Å²) in [5.41, 5.74) is 3.66. The zero-order valence-corrected chi connectivity index (χ0v) is 21.5. The Hall–Kier alpha value is -2.64. The van der Waals surface area contributed by atoms with Gasteiger partial charge >= 0.3 is 0 Å². The molecule has 0 amide bonds. The van der Waals surface area contributed by atoms with Crippen LogP contribution in [0, 0.1) is 6.92 Å². The first-order valence-electron chi connectivity index (χ1n) is 10.6. The number of aliphatic hydroxyl groups is 1. The second-order valence-electron chi connectivity index (χ2n) is 8.76. The maximum Gasteiger partial charge on any atom is 0.175 e. The van der Waals surface area contributed by atoms with Crippen LogP contribution in [0.2, 0.25) is 10.0 Å². The van der Waals surface area contributed by atoms with Crippen molar-refractivity contribution in [2.75, 3.05) is 6.26 Å². The summed E-state index contributed by atoms with van der Waals surface area (Å²) in [6, 6.07) is 19.9. The first-order chi connectivity index (χ1) is 15.9. The first kappa shape index (κ1) is 24.5. The smallest absolute Gasteiger partial charge is 0.175 e. The standard InChI is InChI=1S/C26H24Cl2N2O3S/c1-16-14-18(17-8-7-9-19(15-17)34(4,32)33)12-13-22(16)30-24(20-10-5-6-11-21(20)27)23(28)25(29-30)26(2,3)31/h5-15,31H,1-4H3. The van der Waals surface area contributed by atoms with E-state index in [4.69, 9.17) is 23.2 Å². The van der Waals surface area contributed by atoms with Gasteiger partial charge in [-0.25, -0.2) is 13.1 Å². The van der Waals surface area contributed by atoms with E-state index in [9.17, 15) is 13.5 Å². The molecule has 0 saturated heterocycles. The van der Waals surface area contributed by atoms with Gasteiger partial charge in [-0.15, -0.1) is 0 Å². The van der Waals surface area contributed by atoms with Crippen LogP contribution in [0.4, 0.5) is 0 Å². The molecule has 0 saturated carbocycles. The topological polar surface area (TPSA) is 72.2 Å². The van der Waals surface area contributed by atoms with Crippen molar-refractivity contribution in [1.29, 1.82) is 0 Å². The molecule has 0 unspecified atom stereocenters. The molecule has 0 spiro atoms. The van der Waals surface area contributed by atoms with Gasteiger partial charge in [0.05, 0.1) is 26.3 Å². The quantitative estimate of drug-likeness (QED) is 0.332. The molecule has 3 aromatic carbocycles. The van der Waals surface area contributed by atoms with Gasteiger partial charge < -0.3 is 5.11 Å². The van der Waals surface area contributed by atoms with Crippen LogP contribution < -0.4 is 0 Å². The van der Waals surface area contributed by atoms with E-state index in [0.717, 1.165) is 22.4 Å². The molecule has 34 heavy (non-hydrogen) atoms. The van der Waals surface area contributed by atoms with Crippen molar-refractivity contribution >= 4 is 33.0 Å². The lowest BCUT2D eigenvalue weighted by atomic mass is 10.0. The number of sulfone groups is 1. The van der Waals surface area contributed by atoms with E-state index in [0.29, 0.717) is 27.0 Å². The van der Waals surface area contributed by atoms with Gasteiger partial charge in [-0.2, -0.15) is 5.10 Å². The molecule has 0 aliphatic carbocycles. The zero-order valence-electron chi connectivity index (χ0n) is 19.2. The Balaban J connectivity index is 1.90. The van der Waals surface area contributed by atoms with Crippen molar-refractivity contribution in [2.45, 2.75) is 31.3 Å². The molecule has 4 aromatic rings. The number of benzene rings is 3. The second-order valence-corrected chi connectivity index (χ2v) is 11.6. The minimum Gasteiger partial charge on any atom is -0.384 e. The lowest BCUT2D eigenvalue weighted by molar-refractivity contribution is 0.0735. The molecule has 0 fully saturated rings. The van der Waals surface area contributed by atoms with Crippen LogP contribution in [0.5, 0.6) is 0 Å². The molecule has 8 heteroatoms. The van der Waals surface area contributed by atoms with Crippen LogP contribution in [0.25, 0.3) is 28.1 Å². The van der Waals surface area contributed by atoms with Crippen molar-refractivity contribution in [3.05, 3.63) is 88.0 Å². The van der Waals surface area contributed by atoms with E-state index >= 15 is 0 Å². The molecule has 1 aromatic heterocycles. The van der Waals surface area contributed by atoms with Crippen molar-refractivity contribution in [2.24, 2.45) is 0 Å². The van der Waals surface area contributed by atoms with Gasteiger partial charge in [0.1, 0.15) is 11.3 Å². The van der Waals surface area contributed by atoms with E-state index in [1.165, 1.54) is 6.26 Å². The maximum absolute atomic E-state index is 12.0. The molecule has 1 N–H and O–H groups in total. The van der Waals surface area contributed by atoms with Crippen molar-refractivity contribution in [3.63, 3.8) is 0 Å². The summed E-state index contributed by atoms with van der Waals surface area (Å²) in [6.07, 6.45) is 1.19. The van der Waals surface area contributed by atoms with Crippen LogP contribution in [0.3, 0.4) is 0 Å². The second kappa shape index (κ2) is 8.86. The van der Waals surface area contributed by atoms with E-state index in [1.807, 2.05) is 49.4 Å². The summed E-state index contributed by atoms with van der Waals surface area (Å²) in [4.78, 5) is 0.265. The average molecular weight is 515 g/mol. The normalized spacial score (nSPS) is 12.2. The fourth-order valence-corrected chi connectivity index (χ4v) is 5.17. The molecule has 1 heterocycles. The number of aryl methyl sites for hydroxylation is 1. The maximum atomic E-state index is 12.0. The Morgan fingerprint density at radius 1 is 0.941 bits per heavy atom. The molecular formula is C26H24Cl2N2O3S. The van der Waals surface area contributed by atoms with Crippen molar-refractivity contribution in [1.82, 2.24) is 9.78 Å². The first-order valence-corrected chi connectivity index (χ1v) is 13.2. The summed E-state index contributed by atoms with van der Waals surface area (Å²) in [7, 11) is -3.32.